The zero-order valence-electron chi connectivity index (χ0n) is 8.08. The quantitative estimate of drug-likeness (QED) is 0.622. The van der Waals surface area contributed by atoms with Crippen molar-refractivity contribution in [1.82, 2.24) is 10.2 Å². The van der Waals surface area contributed by atoms with E-state index < -0.39 is 0 Å². The molecule has 1 aliphatic rings. The second-order valence-electron chi connectivity index (χ2n) is 3.92. The van der Waals surface area contributed by atoms with Crippen molar-refractivity contribution in [3.8, 4) is 0 Å². The van der Waals surface area contributed by atoms with E-state index >= 15 is 0 Å². The summed E-state index contributed by atoms with van der Waals surface area (Å²) in [6.45, 7) is 6.01. The molecule has 0 spiro atoms. The molecular formula is C9H20N2O. The van der Waals surface area contributed by atoms with Crippen molar-refractivity contribution in [2.24, 2.45) is 5.92 Å². The van der Waals surface area contributed by atoms with Crippen molar-refractivity contribution in [2.45, 2.75) is 19.4 Å². The standard InChI is InChI=1S/C9H20N2O/c1-8(12)5-10-6-9-3-4-11(2)7-9/h8-10,12H,3-7H2,1-2H3/t8-,9?/m0/s1. The molecule has 0 bridgehead atoms. The molecule has 1 aliphatic heterocycles. The van der Waals surface area contributed by atoms with Gasteiger partial charge in [-0.1, -0.05) is 0 Å². The minimum Gasteiger partial charge on any atom is -0.392 e. The van der Waals surface area contributed by atoms with Gasteiger partial charge < -0.3 is 15.3 Å². The Kier molecular flexibility index (Phi) is 3.98. The minimum atomic E-state index is -0.218. The number of rotatable bonds is 4. The summed E-state index contributed by atoms with van der Waals surface area (Å²) in [7, 11) is 2.16. The maximum Gasteiger partial charge on any atom is 0.0636 e. The van der Waals surface area contributed by atoms with E-state index in [-0.39, 0.29) is 6.10 Å². The van der Waals surface area contributed by atoms with Gasteiger partial charge >= 0.3 is 0 Å². The molecule has 1 heterocycles. The van der Waals surface area contributed by atoms with Gasteiger partial charge in [0.25, 0.3) is 0 Å². The highest BCUT2D eigenvalue weighted by Gasteiger charge is 2.18. The predicted molar refractivity (Wildman–Crippen MR) is 50.2 cm³/mol. The lowest BCUT2D eigenvalue weighted by molar-refractivity contribution is 0.189. The molecular weight excluding hydrogens is 152 g/mol. The van der Waals surface area contributed by atoms with Crippen molar-refractivity contribution in [2.75, 3.05) is 33.2 Å². The Morgan fingerprint density at radius 2 is 2.42 bits per heavy atom. The highest BCUT2D eigenvalue weighted by molar-refractivity contribution is 4.74. The van der Waals surface area contributed by atoms with Crippen LogP contribution in [0.15, 0.2) is 0 Å². The molecule has 2 N–H and O–H groups in total. The molecule has 3 heteroatoms. The zero-order chi connectivity index (χ0) is 8.97. The van der Waals surface area contributed by atoms with Crippen LogP contribution in [0.2, 0.25) is 0 Å². The van der Waals surface area contributed by atoms with Crippen LogP contribution in [0.3, 0.4) is 0 Å². The first kappa shape index (κ1) is 9.96. The SMILES string of the molecule is C[C@H](O)CNCC1CCN(C)C1. The summed E-state index contributed by atoms with van der Waals surface area (Å²) in [6, 6.07) is 0. The van der Waals surface area contributed by atoms with E-state index in [1.165, 1.54) is 19.5 Å². The number of nitrogens with one attached hydrogen (secondary N) is 1. The summed E-state index contributed by atoms with van der Waals surface area (Å²) in [5.41, 5.74) is 0. The molecule has 0 saturated carbocycles. The number of likely N-dealkylation sites (tertiary alicyclic amines) is 1. The smallest absolute Gasteiger partial charge is 0.0636 e. The summed E-state index contributed by atoms with van der Waals surface area (Å²) in [6.07, 6.45) is 1.08. The molecule has 0 aromatic heterocycles. The van der Waals surface area contributed by atoms with Crippen LogP contribution in [0.5, 0.6) is 0 Å². The first-order valence-corrected chi connectivity index (χ1v) is 4.76. The topological polar surface area (TPSA) is 35.5 Å². The van der Waals surface area contributed by atoms with Gasteiger partial charge in [-0.3, -0.25) is 0 Å². The van der Waals surface area contributed by atoms with Gasteiger partial charge in [0.2, 0.25) is 0 Å². The Balaban J connectivity index is 2.00. The Labute approximate surface area is 74.8 Å². The van der Waals surface area contributed by atoms with Gasteiger partial charge in [0.05, 0.1) is 6.10 Å². The fraction of sp³-hybridized carbons (Fsp3) is 1.00. The molecule has 1 rings (SSSR count). The highest BCUT2D eigenvalue weighted by Crippen LogP contribution is 2.12. The van der Waals surface area contributed by atoms with E-state index in [9.17, 15) is 0 Å². The van der Waals surface area contributed by atoms with E-state index in [2.05, 4.69) is 17.3 Å². The fourth-order valence-electron chi connectivity index (χ4n) is 1.69. The molecule has 1 unspecified atom stereocenters. The molecule has 12 heavy (non-hydrogen) atoms. The molecule has 1 saturated heterocycles. The van der Waals surface area contributed by atoms with Crippen molar-refractivity contribution in [3.63, 3.8) is 0 Å². The maximum absolute atomic E-state index is 9.01. The Hall–Kier alpha value is -0.120. The summed E-state index contributed by atoms with van der Waals surface area (Å²) in [5, 5.41) is 12.3. The van der Waals surface area contributed by atoms with Crippen LogP contribution in [0.25, 0.3) is 0 Å². The van der Waals surface area contributed by atoms with E-state index in [1.54, 1.807) is 0 Å². The van der Waals surface area contributed by atoms with E-state index in [0.29, 0.717) is 0 Å². The lowest BCUT2D eigenvalue weighted by atomic mass is 10.1. The van der Waals surface area contributed by atoms with E-state index in [1.807, 2.05) is 6.92 Å². The Morgan fingerprint density at radius 3 is 2.92 bits per heavy atom. The first-order chi connectivity index (χ1) is 5.68. The van der Waals surface area contributed by atoms with Crippen LogP contribution in [0, 0.1) is 5.92 Å². The largest absolute Gasteiger partial charge is 0.392 e. The van der Waals surface area contributed by atoms with E-state index in [0.717, 1.165) is 19.0 Å². The molecule has 0 radical (unpaired) electrons. The lowest BCUT2D eigenvalue weighted by Gasteiger charge is -2.12. The second kappa shape index (κ2) is 4.80. The van der Waals surface area contributed by atoms with Crippen molar-refractivity contribution < 1.29 is 5.11 Å². The first-order valence-electron chi connectivity index (χ1n) is 4.76. The minimum absolute atomic E-state index is 0.218. The van der Waals surface area contributed by atoms with Crippen LogP contribution >= 0.6 is 0 Å². The summed E-state index contributed by atoms with van der Waals surface area (Å²) in [5.74, 6) is 0.786. The molecule has 2 atom stereocenters. The van der Waals surface area contributed by atoms with Gasteiger partial charge in [-0.25, -0.2) is 0 Å². The van der Waals surface area contributed by atoms with Crippen molar-refractivity contribution in [1.29, 1.82) is 0 Å². The monoisotopic (exact) mass is 172 g/mol. The number of hydrogen-bond acceptors (Lipinski definition) is 3. The lowest BCUT2D eigenvalue weighted by Crippen LogP contribution is -2.30. The summed E-state index contributed by atoms with van der Waals surface area (Å²) in [4.78, 5) is 2.36. The predicted octanol–water partition coefficient (Wildman–Crippen LogP) is -0.0915. The van der Waals surface area contributed by atoms with Gasteiger partial charge in [-0.15, -0.1) is 0 Å². The van der Waals surface area contributed by atoms with Gasteiger partial charge in [-0.2, -0.15) is 0 Å². The van der Waals surface area contributed by atoms with Gasteiger partial charge in [0.15, 0.2) is 0 Å². The van der Waals surface area contributed by atoms with Crippen LogP contribution in [-0.2, 0) is 0 Å². The van der Waals surface area contributed by atoms with E-state index in [4.69, 9.17) is 5.11 Å². The van der Waals surface area contributed by atoms with Crippen LogP contribution in [-0.4, -0.2) is 49.3 Å². The van der Waals surface area contributed by atoms with Crippen molar-refractivity contribution >= 4 is 0 Å². The highest BCUT2D eigenvalue weighted by atomic mass is 16.3. The fourth-order valence-corrected chi connectivity index (χ4v) is 1.69. The third-order valence-corrected chi connectivity index (χ3v) is 2.36. The Morgan fingerprint density at radius 1 is 1.67 bits per heavy atom. The van der Waals surface area contributed by atoms with Gasteiger partial charge in [-0.05, 0) is 39.4 Å². The zero-order valence-corrected chi connectivity index (χ0v) is 8.08. The number of nitrogens with zero attached hydrogens (tertiary/aromatic N) is 1. The van der Waals surface area contributed by atoms with Gasteiger partial charge in [0.1, 0.15) is 0 Å². The molecule has 0 amide bonds. The Bertz CT molecular complexity index is 128. The van der Waals surface area contributed by atoms with Gasteiger partial charge in [0, 0.05) is 13.1 Å². The third kappa shape index (κ3) is 3.52. The van der Waals surface area contributed by atoms with Crippen LogP contribution in [0.4, 0.5) is 0 Å². The number of hydrogen-bond donors (Lipinski definition) is 2. The second-order valence-corrected chi connectivity index (χ2v) is 3.92. The molecule has 1 fully saturated rings. The number of aliphatic hydroxyl groups excluding tert-OH is 1. The van der Waals surface area contributed by atoms with Crippen LogP contribution in [0.1, 0.15) is 13.3 Å². The third-order valence-electron chi connectivity index (χ3n) is 2.36. The summed E-state index contributed by atoms with van der Waals surface area (Å²) >= 11 is 0. The van der Waals surface area contributed by atoms with Crippen molar-refractivity contribution in [3.05, 3.63) is 0 Å². The average molecular weight is 172 g/mol. The summed E-state index contributed by atoms with van der Waals surface area (Å²) < 4.78 is 0. The number of aliphatic hydroxyl groups is 1. The molecule has 72 valence electrons. The molecule has 0 aliphatic carbocycles. The molecule has 3 nitrogen and oxygen atoms in total. The molecule has 0 aromatic rings. The van der Waals surface area contributed by atoms with Crippen LogP contribution < -0.4 is 5.32 Å². The maximum atomic E-state index is 9.01. The average Bonchev–Trinajstić information content (AvgIpc) is 2.35. The molecule has 0 aromatic carbocycles. The normalized spacial score (nSPS) is 27.8.